The summed E-state index contributed by atoms with van der Waals surface area (Å²) in [4.78, 5) is 0. The van der Waals surface area contributed by atoms with Crippen molar-refractivity contribution < 1.29 is 0 Å². The van der Waals surface area contributed by atoms with Crippen molar-refractivity contribution in [3.63, 3.8) is 0 Å². The van der Waals surface area contributed by atoms with Gasteiger partial charge in [0.15, 0.2) is 0 Å². The standard InChI is InChI=1S/C9H13BrN2/c10-8-3-4-9(12)7(6-8)2-1-5-11/h3-4,6H,1-2,5,11-12H2. The van der Waals surface area contributed by atoms with Gasteiger partial charge in [-0.15, -0.1) is 0 Å². The normalized spacial score (nSPS) is 10.2. The van der Waals surface area contributed by atoms with Gasteiger partial charge in [0, 0.05) is 10.2 Å². The topological polar surface area (TPSA) is 52.0 Å². The summed E-state index contributed by atoms with van der Waals surface area (Å²) in [6.07, 6.45) is 1.95. The molecule has 0 saturated carbocycles. The molecule has 0 spiro atoms. The predicted octanol–water partition coefficient (Wildman–Crippen LogP) is 1.92. The third-order valence-electron chi connectivity index (χ3n) is 1.76. The largest absolute Gasteiger partial charge is 0.399 e. The Morgan fingerprint density at radius 3 is 2.75 bits per heavy atom. The molecule has 3 heteroatoms. The van der Waals surface area contributed by atoms with Crippen LogP contribution in [0.5, 0.6) is 0 Å². The first-order valence-electron chi connectivity index (χ1n) is 3.98. The molecule has 0 aliphatic carbocycles. The number of nitrogens with two attached hydrogens (primary N) is 2. The lowest BCUT2D eigenvalue weighted by atomic mass is 10.1. The third kappa shape index (κ3) is 2.50. The van der Waals surface area contributed by atoms with E-state index in [0.29, 0.717) is 6.54 Å². The minimum absolute atomic E-state index is 0.714. The molecule has 1 aromatic carbocycles. The van der Waals surface area contributed by atoms with Gasteiger partial charge in [-0.25, -0.2) is 0 Å². The molecule has 0 saturated heterocycles. The monoisotopic (exact) mass is 228 g/mol. The summed E-state index contributed by atoms with van der Waals surface area (Å²) >= 11 is 3.40. The number of halogens is 1. The zero-order valence-corrected chi connectivity index (χ0v) is 8.47. The van der Waals surface area contributed by atoms with Gasteiger partial charge in [-0.2, -0.15) is 0 Å². The molecule has 2 nitrogen and oxygen atoms in total. The number of aryl methyl sites for hydroxylation is 1. The van der Waals surface area contributed by atoms with Gasteiger partial charge in [0.05, 0.1) is 0 Å². The van der Waals surface area contributed by atoms with E-state index < -0.39 is 0 Å². The Bertz CT molecular complexity index is 261. The number of nitrogen functional groups attached to an aromatic ring is 1. The van der Waals surface area contributed by atoms with Crippen molar-refractivity contribution in [1.82, 2.24) is 0 Å². The van der Waals surface area contributed by atoms with Crippen molar-refractivity contribution in [2.75, 3.05) is 12.3 Å². The lowest BCUT2D eigenvalue weighted by Gasteiger charge is -2.04. The first-order chi connectivity index (χ1) is 5.74. The van der Waals surface area contributed by atoms with Crippen LogP contribution in [0.3, 0.4) is 0 Å². The van der Waals surface area contributed by atoms with Gasteiger partial charge in [0.2, 0.25) is 0 Å². The van der Waals surface area contributed by atoms with Crippen molar-refractivity contribution in [2.45, 2.75) is 12.8 Å². The first-order valence-corrected chi connectivity index (χ1v) is 4.77. The molecule has 0 aliphatic heterocycles. The zero-order valence-electron chi connectivity index (χ0n) is 6.89. The highest BCUT2D eigenvalue weighted by molar-refractivity contribution is 9.10. The van der Waals surface area contributed by atoms with E-state index in [1.165, 1.54) is 5.56 Å². The number of benzene rings is 1. The van der Waals surface area contributed by atoms with E-state index in [-0.39, 0.29) is 0 Å². The summed E-state index contributed by atoms with van der Waals surface area (Å²) < 4.78 is 1.07. The molecule has 0 heterocycles. The molecule has 1 aromatic rings. The Morgan fingerprint density at radius 1 is 1.33 bits per heavy atom. The Balaban J connectivity index is 2.75. The van der Waals surface area contributed by atoms with Crippen LogP contribution in [0.15, 0.2) is 22.7 Å². The molecule has 0 amide bonds. The van der Waals surface area contributed by atoms with Gasteiger partial charge in [0.25, 0.3) is 0 Å². The van der Waals surface area contributed by atoms with Crippen molar-refractivity contribution in [3.05, 3.63) is 28.2 Å². The summed E-state index contributed by atoms with van der Waals surface area (Å²) in [5.74, 6) is 0. The number of hydrogen-bond acceptors (Lipinski definition) is 2. The van der Waals surface area contributed by atoms with Crippen LogP contribution in [0.1, 0.15) is 12.0 Å². The van der Waals surface area contributed by atoms with Crippen molar-refractivity contribution in [3.8, 4) is 0 Å². The second kappa shape index (κ2) is 4.48. The molecule has 66 valence electrons. The van der Waals surface area contributed by atoms with Crippen molar-refractivity contribution in [1.29, 1.82) is 0 Å². The third-order valence-corrected chi connectivity index (χ3v) is 2.25. The minimum Gasteiger partial charge on any atom is -0.399 e. The molecule has 0 atom stereocenters. The highest BCUT2D eigenvalue weighted by Crippen LogP contribution is 2.19. The van der Waals surface area contributed by atoms with Crippen LogP contribution in [0.2, 0.25) is 0 Å². The van der Waals surface area contributed by atoms with E-state index in [0.717, 1.165) is 23.0 Å². The molecule has 0 fully saturated rings. The van der Waals surface area contributed by atoms with Crippen LogP contribution in [0, 0.1) is 0 Å². The van der Waals surface area contributed by atoms with Gasteiger partial charge in [-0.1, -0.05) is 15.9 Å². The van der Waals surface area contributed by atoms with E-state index in [1.807, 2.05) is 18.2 Å². The average molecular weight is 229 g/mol. The molecule has 0 aliphatic rings. The van der Waals surface area contributed by atoms with E-state index >= 15 is 0 Å². The Kier molecular flexibility index (Phi) is 3.56. The van der Waals surface area contributed by atoms with Crippen LogP contribution >= 0.6 is 15.9 Å². The first kappa shape index (κ1) is 9.55. The molecular weight excluding hydrogens is 216 g/mol. The highest BCUT2D eigenvalue weighted by Gasteiger charge is 1.98. The Hall–Kier alpha value is -0.540. The fourth-order valence-electron chi connectivity index (χ4n) is 1.08. The molecule has 4 N–H and O–H groups in total. The van der Waals surface area contributed by atoms with E-state index in [4.69, 9.17) is 11.5 Å². The van der Waals surface area contributed by atoms with E-state index in [9.17, 15) is 0 Å². The number of rotatable bonds is 3. The van der Waals surface area contributed by atoms with Gasteiger partial charge in [0.1, 0.15) is 0 Å². The van der Waals surface area contributed by atoms with Crippen LogP contribution in [0.4, 0.5) is 5.69 Å². The summed E-state index contributed by atoms with van der Waals surface area (Å²) in [6.45, 7) is 0.714. The Labute approximate surface area is 81.1 Å². The van der Waals surface area contributed by atoms with Crippen LogP contribution in [-0.2, 0) is 6.42 Å². The smallest absolute Gasteiger partial charge is 0.0347 e. The quantitative estimate of drug-likeness (QED) is 0.778. The fraction of sp³-hybridized carbons (Fsp3) is 0.333. The van der Waals surface area contributed by atoms with Crippen LogP contribution in [-0.4, -0.2) is 6.54 Å². The zero-order chi connectivity index (χ0) is 8.97. The lowest BCUT2D eigenvalue weighted by molar-refractivity contribution is 0.834. The van der Waals surface area contributed by atoms with Crippen LogP contribution in [0.25, 0.3) is 0 Å². The molecule has 0 aromatic heterocycles. The van der Waals surface area contributed by atoms with Gasteiger partial charge < -0.3 is 11.5 Å². The maximum Gasteiger partial charge on any atom is 0.0347 e. The predicted molar refractivity (Wildman–Crippen MR) is 55.9 cm³/mol. The van der Waals surface area contributed by atoms with Gasteiger partial charge in [-0.05, 0) is 43.1 Å². The highest BCUT2D eigenvalue weighted by atomic mass is 79.9. The summed E-state index contributed by atoms with van der Waals surface area (Å²) in [5, 5.41) is 0. The molecular formula is C9H13BrN2. The number of anilines is 1. The second-order valence-electron chi connectivity index (χ2n) is 2.74. The van der Waals surface area contributed by atoms with Crippen LogP contribution < -0.4 is 11.5 Å². The van der Waals surface area contributed by atoms with E-state index in [1.54, 1.807) is 0 Å². The lowest BCUT2D eigenvalue weighted by Crippen LogP contribution is -2.02. The van der Waals surface area contributed by atoms with Crippen molar-refractivity contribution >= 4 is 21.6 Å². The van der Waals surface area contributed by atoms with Gasteiger partial charge in [-0.3, -0.25) is 0 Å². The maximum atomic E-state index is 5.77. The summed E-state index contributed by atoms with van der Waals surface area (Å²) in [5.41, 5.74) is 13.2. The second-order valence-corrected chi connectivity index (χ2v) is 3.65. The SMILES string of the molecule is NCCCc1cc(Br)ccc1N. The molecule has 0 radical (unpaired) electrons. The Morgan fingerprint density at radius 2 is 2.08 bits per heavy atom. The molecule has 0 bridgehead atoms. The molecule has 0 unspecified atom stereocenters. The summed E-state index contributed by atoms with van der Waals surface area (Å²) in [6, 6.07) is 5.90. The minimum atomic E-state index is 0.714. The van der Waals surface area contributed by atoms with Gasteiger partial charge >= 0.3 is 0 Å². The molecule has 12 heavy (non-hydrogen) atoms. The summed E-state index contributed by atoms with van der Waals surface area (Å²) in [7, 11) is 0. The van der Waals surface area contributed by atoms with E-state index in [2.05, 4.69) is 15.9 Å². The fourth-order valence-corrected chi connectivity index (χ4v) is 1.49. The maximum absolute atomic E-state index is 5.77. The number of hydrogen-bond donors (Lipinski definition) is 2. The molecule has 1 rings (SSSR count). The van der Waals surface area contributed by atoms with Crippen molar-refractivity contribution in [2.24, 2.45) is 5.73 Å². The average Bonchev–Trinajstić information content (AvgIpc) is 2.07.